The van der Waals surface area contributed by atoms with Gasteiger partial charge in [0.15, 0.2) is 0 Å². The van der Waals surface area contributed by atoms with E-state index < -0.39 is 0 Å². The second-order valence-corrected chi connectivity index (χ2v) is 6.21. The maximum absolute atomic E-state index is 6.02. The van der Waals surface area contributed by atoms with E-state index in [1.165, 1.54) is 30.4 Å². The Morgan fingerprint density at radius 3 is 2.76 bits per heavy atom. The van der Waals surface area contributed by atoms with Crippen molar-refractivity contribution < 1.29 is 0 Å². The van der Waals surface area contributed by atoms with Crippen LogP contribution in [0.1, 0.15) is 49.3 Å². The highest BCUT2D eigenvalue weighted by Gasteiger charge is 2.41. The molecule has 3 rings (SSSR count). The topological polar surface area (TPSA) is 29.3 Å². The van der Waals surface area contributed by atoms with Crippen molar-refractivity contribution in [2.24, 2.45) is 0 Å². The van der Waals surface area contributed by atoms with Gasteiger partial charge in [0, 0.05) is 23.7 Å². The summed E-state index contributed by atoms with van der Waals surface area (Å²) in [6.07, 6.45) is 3.84. The predicted octanol–water partition coefficient (Wildman–Crippen LogP) is 2.91. The lowest BCUT2D eigenvalue weighted by molar-refractivity contribution is 0.0910. The fourth-order valence-corrected chi connectivity index (χ4v) is 3.66. The first-order valence-corrected chi connectivity index (χ1v) is 6.62. The molecule has 92 valence electrons. The van der Waals surface area contributed by atoms with Crippen molar-refractivity contribution >= 4 is 5.69 Å². The SMILES string of the molecule is CN1Cc2cc(N)cc3c2[C@@H](CCC3)C1(C)C. The molecule has 1 aromatic carbocycles. The van der Waals surface area contributed by atoms with Gasteiger partial charge in [0.2, 0.25) is 0 Å². The molecule has 2 nitrogen and oxygen atoms in total. The van der Waals surface area contributed by atoms with E-state index in [9.17, 15) is 0 Å². The summed E-state index contributed by atoms with van der Waals surface area (Å²) in [5, 5.41) is 0. The molecule has 1 atom stereocenters. The average Bonchev–Trinajstić information content (AvgIpc) is 2.26. The fraction of sp³-hybridized carbons (Fsp3) is 0.600. The molecule has 0 amide bonds. The lowest BCUT2D eigenvalue weighted by atomic mass is 9.68. The van der Waals surface area contributed by atoms with Gasteiger partial charge in [-0.1, -0.05) is 0 Å². The fourth-order valence-electron chi connectivity index (χ4n) is 3.66. The van der Waals surface area contributed by atoms with Crippen LogP contribution in [0.25, 0.3) is 0 Å². The molecule has 1 aliphatic heterocycles. The number of likely N-dealkylation sites (N-methyl/N-ethyl adjacent to an activating group) is 1. The molecule has 0 unspecified atom stereocenters. The zero-order chi connectivity index (χ0) is 12.2. The van der Waals surface area contributed by atoms with Crippen molar-refractivity contribution in [2.75, 3.05) is 12.8 Å². The van der Waals surface area contributed by atoms with Gasteiger partial charge < -0.3 is 5.73 Å². The molecule has 1 aromatic rings. The summed E-state index contributed by atoms with van der Waals surface area (Å²) in [6.45, 7) is 5.80. The van der Waals surface area contributed by atoms with Gasteiger partial charge in [-0.3, -0.25) is 4.90 Å². The molecule has 1 heterocycles. The Balaban J connectivity index is 2.21. The second-order valence-electron chi connectivity index (χ2n) is 6.21. The van der Waals surface area contributed by atoms with Crippen LogP contribution in [0.3, 0.4) is 0 Å². The predicted molar refractivity (Wildman–Crippen MR) is 72.1 cm³/mol. The number of benzene rings is 1. The molecule has 1 aliphatic carbocycles. The van der Waals surface area contributed by atoms with Crippen molar-refractivity contribution in [2.45, 2.75) is 51.1 Å². The average molecular weight is 230 g/mol. The van der Waals surface area contributed by atoms with Crippen molar-refractivity contribution in [1.82, 2.24) is 4.90 Å². The molecule has 2 aliphatic rings. The van der Waals surface area contributed by atoms with Crippen LogP contribution < -0.4 is 5.73 Å². The van der Waals surface area contributed by atoms with E-state index in [2.05, 4.69) is 37.9 Å². The zero-order valence-electron chi connectivity index (χ0n) is 11.1. The largest absolute Gasteiger partial charge is 0.399 e. The molecule has 2 heteroatoms. The van der Waals surface area contributed by atoms with Gasteiger partial charge in [0.05, 0.1) is 0 Å². The zero-order valence-corrected chi connectivity index (χ0v) is 11.1. The van der Waals surface area contributed by atoms with Crippen LogP contribution in [0.5, 0.6) is 0 Å². The van der Waals surface area contributed by atoms with E-state index >= 15 is 0 Å². The third-order valence-corrected chi connectivity index (χ3v) is 4.91. The van der Waals surface area contributed by atoms with Crippen LogP contribution in [-0.4, -0.2) is 17.5 Å². The molecule has 0 radical (unpaired) electrons. The minimum Gasteiger partial charge on any atom is -0.399 e. The number of rotatable bonds is 0. The number of hydrogen-bond acceptors (Lipinski definition) is 2. The van der Waals surface area contributed by atoms with Crippen LogP contribution >= 0.6 is 0 Å². The molecule has 2 N–H and O–H groups in total. The van der Waals surface area contributed by atoms with E-state index in [-0.39, 0.29) is 5.54 Å². The molecule has 0 bridgehead atoms. The van der Waals surface area contributed by atoms with Gasteiger partial charge in [-0.15, -0.1) is 0 Å². The van der Waals surface area contributed by atoms with Crippen molar-refractivity contribution in [3.63, 3.8) is 0 Å². The van der Waals surface area contributed by atoms with Gasteiger partial charge in [0.1, 0.15) is 0 Å². The number of hydrogen-bond donors (Lipinski definition) is 1. The lowest BCUT2D eigenvalue weighted by Crippen LogP contribution is -2.50. The summed E-state index contributed by atoms with van der Waals surface area (Å²) in [7, 11) is 2.24. The summed E-state index contributed by atoms with van der Waals surface area (Å²) in [6, 6.07) is 4.38. The molecular formula is C15H22N2. The van der Waals surface area contributed by atoms with Crippen LogP contribution in [-0.2, 0) is 13.0 Å². The second kappa shape index (κ2) is 3.49. The molecule has 0 spiro atoms. The summed E-state index contributed by atoms with van der Waals surface area (Å²) < 4.78 is 0. The van der Waals surface area contributed by atoms with Crippen LogP contribution in [0.4, 0.5) is 5.69 Å². The summed E-state index contributed by atoms with van der Waals surface area (Å²) in [5.41, 5.74) is 11.8. The van der Waals surface area contributed by atoms with E-state index in [1.54, 1.807) is 5.56 Å². The normalized spacial score (nSPS) is 26.6. The molecule has 17 heavy (non-hydrogen) atoms. The number of anilines is 1. The molecular weight excluding hydrogens is 208 g/mol. The number of nitrogens with two attached hydrogens (primary N) is 1. The summed E-state index contributed by atoms with van der Waals surface area (Å²) >= 11 is 0. The van der Waals surface area contributed by atoms with Crippen LogP contribution in [0, 0.1) is 0 Å². The standard InChI is InChI=1S/C15H22N2/c1-15(2)13-6-4-5-10-7-12(16)8-11(14(10)13)9-17(15)3/h7-8,13H,4-6,9,16H2,1-3H3/t13-/m1/s1. The van der Waals surface area contributed by atoms with Crippen molar-refractivity contribution in [1.29, 1.82) is 0 Å². The Labute approximate surface area is 104 Å². The van der Waals surface area contributed by atoms with E-state index in [0.29, 0.717) is 5.92 Å². The van der Waals surface area contributed by atoms with Crippen molar-refractivity contribution in [3.05, 3.63) is 28.8 Å². The number of nitrogens with zero attached hydrogens (tertiary/aromatic N) is 1. The van der Waals surface area contributed by atoms with Crippen LogP contribution in [0.2, 0.25) is 0 Å². The summed E-state index contributed by atoms with van der Waals surface area (Å²) in [4.78, 5) is 2.48. The first-order valence-electron chi connectivity index (χ1n) is 6.62. The van der Waals surface area contributed by atoms with E-state index in [1.807, 2.05) is 0 Å². The Morgan fingerprint density at radius 2 is 2.00 bits per heavy atom. The lowest BCUT2D eigenvalue weighted by Gasteiger charge is -2.49. The highest BCUT2D eigenvalue weighted by Crippen LogP contribution is 2.47. The third kappa shape index (κ3) is 1.50. The monoisotopic (exact) mass is 230 g/mol. The summed E-state index contributed by atoms with van der Waals surface area (Å²) in [5.74, 6) is 0.681. The highest BCUT2D eigenvalue weighted by atomic mass is 15.2. The maximum Gasteiger partial charge on any atom is 0.0320 e. The maximum atomic E-state index is 6.02. The first-order chi connectivity index (χ1) is 8.00. The van der Waals surface area contributed by atoms with E-state index in [4.69, 9.17) is 5.73 Å². The van der Waals surface area contributed by atoms with Gasteiger partial charge in [-0.05, 0) is 69.0 Å². The van der Waals surface area contributed by atoms with Gasteiger partial charge in [-0.25, -0.2) is 0 Å². The van der Waals surface area contributed by atoms with Crippen LogP contribution in [0.15, 0.2) is 12.1 Å². The van der Waals surface area contributed by atoms with Gasteiger partial charge in [-0.2, -0.15) is 0 Å². The highest BCUT2D eigenvalue weighted by molar-refractivity contribution is 5.53. The Hall–Kier alpha value is -1.02. The molecule has 0 aromatic heterocycles. The minimum absolute atomic E-state index is 0.276. The molecule has 0 saturated heterocycles. The Kier molecular flexibility index (Phi) is 2.27. The molecule has 0 fully saturated rings. The van der Waals surface area contributed by atoms with Crippen molar-refractivity contribution in [3.8, 4) is 0 Å². The number of nitrogen functional groups attached to an aromatic ring is 1. The first kappa shape index (κ1) is 11.1. The van der Waals surface area contributed by atoms with Gasteiger partial charge in [0.25, 0.3) is 0 Å². The Bertz CT molecular complexity index is 462. The van der Waals surface area contributed by atoms with E-state index in [0.717, 1.165) is 12.2 Å². The Morgan fingerprint density at radius 1 is 1.29 bits per heavy atom. The number of aryl methyl sites for hydroxylation is 1. The molecule has 0 saturated carbocycles. The quantitative estimate of drug-likeness (QED) is 0.694. The smallest absolute Gasteiger partial charge is 0.0320 e. The minimum atomic E-state index is 0.276. The van der Waals surface area contributed by atoms with Gasteiger partial charge >= 0.3 is 0 Å². The third-order valence-electron chi connectivity index (χ3n) is 4.91.